The van der Waals surface area contributed by atoms with E-state index in [1.165, 1.54) is 17.4 Å². The number of alkyl halides is 3. The summed E-state index contributed by atoms with van der Waals surface area (Å²) in [5.41, 5.74) is -2.59. The summed E-state index contributed by atoms with van der Waals surface area (Å²) in [6, 6.07) is 5.20. The third kappa shape index (κ3) is 5.92. The largest absolute Gasteiger partial charge is 0.452 e. The Balaban J connectivity index is 1.98. The lowest BCUT2D eigenvalue weighted by Crippen LogP contribution is -2.21. The molecule has 1 heterocycles. The van der Waals surface area contributed by atoms with Crippen LogP contribution in [0.5, 0.6) is 0 Å². The van der Waals surface area contributed by atoms with Crippen molar-refractivity contribution in [1.82, 2.24) is 0 Å². The second-order valence-corrected chi connectivity index (χ2v) is 5.97. The molecule has 11 heteroatoms. The molecule has 0 saturated carbocycles. The first-order chi connectivity index (χ1) is 12.7. The molecule has 0 atom stereocenters. The number of nitro benzene ring substituents is 1. The van der Waals surface area contributed by atoms with Gasteiger partial charge in [-0.15, -0.1) is 11.3 Å². The highest BCUT2D eigenvalue weighted by atomic mass is 32.1. The normalized spacial score (nSPS) is 11.4. The van der Waals surface area contributed by atoms with E-state index in [-0.39, 0.29) is 0 Å². The van der Waals surface area contributed by atoms with Crippen molar-refractivity contribution in [1.29, 1.82) is 0 Å². The molecule has 7 nitrogen and oxygen atoms in total. The van der Waals surface area contributed by atoms with E-state index in [0.29, 0.717) is 12.1 Å². The van der Waals surface area contributed by atoms with Crippen LogP contribution in [0, 0.1) is 10.1 Å². The summed E-state index contributed by atoms with van der Waals surface area (Å²) in [5, 5.41) is 14.8. The van der Waals surface area contributed by atoms with Gasteiger partial charge < -0.3 is 10.1 Å². The summed E-state index contributed by atoms with van der Waals surface area (Å²) in [6.45, 7) is -0.758. The lowest BCUT2D eigenvalue weighted by molar-refractivity contribution is -0.384. The second-order valence-electron chi connectivity index (χ2n) is 4.99. The van der Waals surface area contributed by atoms with E-state index < -0.39 is 46.5 Å². The summed E-state index contributed by atoms with van der Waals surface area (Å²) >= 11 is 1.38. The van der Waals surface area contributed by atoms with E-state index in [4.69, 9.17) is 0 Å². The monoisotopic (exact) mass is 400 g/mol. The van der Waals surface area contributed by atoms with Crippen LogP contribution in [0.1, 0.15) is 10.4 Å². The summed E-state index contributed by atoms with van der Waals surface area (Å²) in [7, 11) is 0. The van der Waals surface area contributed by atoms with E-state index in [0.717, 1.165) is 17.0 Å². The number of rotatable bonds is 6. The zero-order valence-corrected chi connectivity index (χ0v) is 14.2. The second kappa shape index (κ2) is 8.45. The zero-order valence-electron chi connectivity index (χ0n) is 13.4. The molecule has 0 aliphatic rings. The number of benzene rings is 1. The molecule has 0 fully saturated rings. The van der Waals surface area contributed by atoms with E-state index in [1.807, 2.05) is 5.32 Å². The average Bonchev–Trinajstić information content (AvgIpc) is 3.10. The van der Waals surface area contributed by atoms with Crippen molar-refractivity contribution in [3.8, 4) is 0 Å². The standard InChI is InChI=1S/C16H11F3N2O5S/c17-16(18,19)10-3-5-12(13(8-10)21(24)25)20-14(22)9-26-15(23)6-4-11-2-1-7-27-11/h1-8H,9H2,(H,20,22). The molecule has 0 unspecified atom stereocenters. The minimum atomic E-state index is -4.77. The molecule has 0 saturated heterocycles. The molecule has 2 rings (SSSR count). The minimum Gasteiger partial charge on any atom is -0.452 e. The van der Waals surface area contributed by atoms with Gasteiger partial charge in [0.2, 0.25) is 0 Å². The highest BCUT2D eigenvalue weighted by Crippen LogP contribution is 2.34. The number of carbonyl (C=O) groups excluding carboxylic acids is 2. The van der Waals surface area contributed by atoms with Crippen molar-refractivity contribution in [2.24, 2.45) is 0 Å². The number of thiophene rings is 1. The first-order valence-corrected chi connectivity index (χ1v) is 8.08. The van der Waals surface area contributed by atoms with Crippen molar-refractivity contribution >= 4 is 40.7 Å². The molecule has 1 aromatic heterocycles. The van der Waals surface area contributed by atoms with Crippen molar-refractivity contribution in [3.63, 3.8) is 0 Å². The number of amides is 1. The first-order valence-electron chi connectivity index (χ1n) is 7.20. The van der Waals surface area contributed by atoms with Crippen LogP contribution in [-0.4, -0.2) is 23.4 Å². The maximum atomic E-state index is 12.6. The molecule has 1 aromatic carbocycles. The van der Waals surface area contributed by atoms with E-state index >= 15 is 0 Å². The highest BCUT2D eigenvalue weighted by molar-refractivity contribution is 7.10. The van der Waals surface area contributed by atoms with Gasteiger partial charge in [-0.05, 0) is 29.7 Å². The quantitative estimate of drug-likeness (QED) is 0.344. The van der Waals surface area contributed by atoms with Gasteiger partial charge in [0.1, 0.15) is 5.69 Å². The lowest BCUT2D eigenvalue weighted by atomic mass is 10.1. The van der Waals surface area contributed by atoms with E-state index in [9.17, 15) is 32.9 Å². The van der Waals surface area contributed by atoms with Gasteiger partial charge in [-0.3, -0.25) is 14.9 Å². The number of carbonyl (C=O) groups is 2. The Morgan fingerprint density at radius 3 is 2.63 bits per heavy atom. The van der Waals surface area contributed by atoms with Crippen molar-refractivity contribution in [2.45, 2.75) is 6.18 Å². The number of esters is 1. The molecule has 0 aliphatic heterocycles. The zero-order chi connectivity index (χ0) is 20.0. The number of hydrogen-bond donors (Lipinski definition) is 1. The Morgan fingerprint density at radius 2 is 2.04 bits per heavy atom. The maximum Gasteiger partial charge on any atom is 0.416 e. The molecule has 1 N–H and O–H groups in total. The SMILES string of the molecule is O=C(COC(=O)C=Cc1cccs1)Nc1ccc(C(F)(F)F)cc1[N+](=O)[O-]. The summed E-state index contributed by atoms with van der Waals surface area (Å²) < 4.78 is 42.6. The van der Waals surface area contributed by atoms with Gasteiger partial charge in [0.05, 0.1) is 10.5 Å². The molecule has 27 heavy (non-hydrogen) atoms. The van der Waals surface area contributed by atoms with Crippen LogP contribution in [-0.2, 0) is 20.5 Å². The third-order valence-electron chi connectivity index (χ3n) is 3.07. The molecule has 0 aliphatic carbocycles. The Kier molecular flexibility index (Phi) is 6.29. The Bertz CT molecular complexity index is 879. The van der Waals surface area contributed by atoms with Gasteiger partial charge in [-0.25, -0.2) is 4.79 Å². The summed E-state index contributed by atoms with van der Waals surface area (Å²) in [6.07, 6.45) is -2.19. The van der Waals surface area contributed by atoms with E-state index in [1.54, 1.807) is 17.5 Å². The van der Waals surface area contributed by atoms with Crippen LogP contribution in [0.15, 0.2) is 41.8 Å². The smallest absolute Gasteiger partial charge is 0.416 e. The van der Waals surface area contributed by atoms with Crippen LogP contribution in [0.3, 0.4) is 0 Å². The van der Waals surface area contributed by atoms with Crippen molar-refractivity contribution < 1.29 is 32.4 Å². The molecule has 0 spiro atoms. The number of halogens is 3. The van der Waals surface area contributed by atoms with Gasteiger partial charge in [0, 0.05) is 17.0 Å². The average molecular weight is 400 g/mol. The summed E-state index contributed by atoms with van der Waals surface area (Å²) in [4.78, 5) is 33.9. The number of hydrogen-bond acceptors (Lipinski definition) is 6. The molecular weight excluding hydrogens is 389 g/mol. The van der Waals surface area contributed by atoms with Crippen molar-refractivity contribution in [2.75, 3.05) is 11.9 Å². The number of nitro groups is 1. The van der Waals surface area contributed by atoms with Crippen LogP contribution in [0.25, 0.3) is 6.08 Å². The number of ether oxygens (including phenoxy) is 1. The van der Waals surface area contributed by atoms with Crippen LogP contribution < -0.4 is 5.32 Å². The van der Waals surface area contributed by atoms with Crippen molar-refractivity contribution in [3.05, 3.63) is 62.3 Å². The Hall–Kier alpha value is -3.21. The maximum absolute atomic E-state index is 12.6. The predicted octanol–water partition coefficient (Wildman–Crippen LogP) is 3.87. The molecule has 142 valence electrons. The van der Waals surface area contributed by atoms with Gasteiger partial charge in [-0.2, -0.15) is 13.2 Å². The fourth-order valence-corrected chi connectivity index (χ4v) is 2.49. The van der Waals surface area contributed by atoms with Crippen LogP contribution >= 0.6 is 11.3 Å². The number of nitrogens with zero attached hydrogens (tertiary/aromatic N) is 1. The molecular formula is C16H11F3N2O5S. The van der Waals surface area contributed by atoms with Gasteiger partial charge >= 0.3 is 12.1 Å². The lowest BCUT2D eigenvalue weighted by Gasteiger charge is -2.10. The van der Waals surface area contributed by atoms with Gasteiger partial charge in [0.15, 0.2) is 6.61 Å². The van der Waals surface area contributed by atoms with Crippen LogP contribution in [0.2, 0.25) is 0 Å². The Labute approximate surface area is 154 Å². The number of nitrogens with one attached hydrogen (secondary N) is 1. The van der Waals surface area contributed by atoms with Gasteiger partial charge in [0.25, 0.3) is 11.6 Å². The topological polar surface area (TPSA) is 98.5 Å². The Morgan fingerprint density at radius 1 is 1.30 bits per heavy atom. The molecule has 1 amide bonds. The fourth-order valence-electron chi connectivity index (χ4n) is 1.87. The number of anilines is 1. The van der Waals surface area contributed by atoms with Gasteiger partial charge in [-0.1, -0.05) is 6.07 Å². The molecule has 0 radical (unpaired) electrons. The molecule has 2 aromatic rings. The molecule has 0 bridgehead atoms. The minimum absolute atomic E-state index is 0.311. The third-order valence-corrected chi connectivity index (χ3v) is 3.91. The highest BCUT2D eigenvalue weighted by Gasteiger charge is 2.33. The predicted molar refractivity (Wildman–Crippen MR) is 91.0 cm³/mol. The first kappa shape index (κ1) is 20.1. The fraction of sp³-hybridized carbons (Fsp3) is 0.125. The van der Waals surface area contributed by atoms with E-state index in [2.05, 4.69) is 4.74 Å². The van der Waals surface area contributed by atoms with Crippen LogP contribution in [0.4, 0.5) is 24.5 Å². The summed E-state index contributed by atoms with van der Waals surface area (Å²) in [5.74, 6) is -1.75.